The van der Waals surface area contributed by atoms with Crippen molar-refractivity contribution in [3.63, 3.8) is 0 Å². The van der Waals surface area contributed by atoms with E-state index in [0.29, 0.717) is 37.7 Å². The maximum absolute atomic E-state index is 11.9. The van der Waals surface area contributed by atoms with E-state index < -0.39 is 0 Å². The Bertz CT molecular complexity index is 378. The van der Waals surface area contributed by atoms with E-state index in [1.165, 1.54) is 7.11 Å². The van der Waals surface area contributed by atoms with Gasteiger partial charge < -0.3 is 18.9 Å². The smallest absolute Gasteiger partial charge is 0.192 e. The zero-order chi connectivity index (χ0) is 13.9. The lowest BCUT2D eigenvalue weighted by Crippen LogP contribution is -2.14. The maximum atomic E-state index is 11.9. The van der Waals surface area contributed by atoms with Crippen LogP contribution in [0.2, 0.25) is 0 Å². The van der Waals surface area contributed by atoms with Gasteiger partial charge in [0.2, 0.25) is 0 Å². The Kier molecular flexibility index (Phi) is 7.81. The molecule has 0 saturated carbocycles. The van der Waals surface area contributed by atoms with Crippen LogP contribution in [0.4, 0.5) is 0 Å². The van der Waals surface area contributed by atoms with Crippen molar-refractivity contribution in [2.75, 3.05) is 47.3 Å². The summed E-state index contributed by atoms with van der Waals surface area (Å²) in [5, 5.41) is 0. The second-order valence-electron chi connectivity index (χ2n) is 3.78. The van der Waals surface area contributed by atoms with E-state index in [1.54, 1.807) is 25.3 Å². The van der Waals surface area contributed by atoms with Gasteiger partial charge in [0.25, 0.3) is 0 Å². The summed E-state index contributed by atoms with van der Waals surface area (Å²) < 4.78 is 20.4. The van der Waals surface area contributed by atoms with Gasteiger partial charge in [0, 0.05) is 7.11 Å². The topological polar surface area (TPSA) is 54.0 Å². The molecule has 0 saturated heterocycles. The second-order valence-corrected chi connectivity index (χ2v) is 3.78. The van der Waals surface area contributed by atoms with Crippen LogP contribution in [0.1, 0.15) is 10.4 Å². The maximum Gasteiger partial charge on any atom is 0.192 e. The summed E-state index contributed by atoms with van der Waals surface area (Å²) in [7, 11) is 3.16. The van der Waals surface area contributed by atoms with E-state index in [4.69, 9.17) is 18.9 Å². The molecule has 5 heteroatoms. The summed E-state index contributed by atoms with van der Waals surface area (Å²) >= 11 is 0. The third-order valence-corrected chi connectivity index (χ3v) is 2.44. The molecule has 0 bridgehead atoms. The number of methoxy groups -OCH3 is 2. The Labute approximate surface area is 113 Å². The molecule has 1 aromatic rings. The minimum absolute atomic E-state index is 0.0218. The van der Waals surface area contributed by atoms with Crippen LogP contribution in [0.25, 0.3) is 0 Å². The average Bonchev–Trinajstić information content (AvgIpc) is 2.46. The minimum atomic E-state index is -0.102. The summed E-state index contributed by atoms with van der Waals surface area (Å²) in [6, 6.07) is 7.09. The standard InChI is InChI=1S/C14H20O5/c1-16-7-8-18-9-10-19-11-13(15)12-5-3-4-6-14(12)17-2/h3-6H,7-11H2,1-2H3. The number of para-hydroxylation sites is 1. The highest BCUT2D eigenvalue weighted by Crippen LogP contribution is 2.17. The third kappa shape index (κ3) is 5.83. The van der Waals surface area contributed by atoms with Gasteiger partial charge >= 0.3 is 0 Å². The lowest BCUT2D eigenvalue weighted by atomic mass is 10.1. The number of hydrogen-bond acceptors (Lipinski definition) is 5. The molecule has 0 amide bonds. The summed E-state index contributed by atoms with van der Waals surface area (Å²) in [6.07, 6.45) is 0. The van der Waals surface area contributed by atoms with E-state index in [-0.39, 0.29) is 12.4 Å². The normalized spacial score (nSPS) is 10.4. The van der Waals surface area contributed by atoms with Crippen molar-refractivity contribution in [3.05, 3.63) is 29.8 Å². The van der Waals surface area contributed by atoms with Crippen molar-refractivity contribution in [1.82, 2.24) is 0 Å². The minimum Gasteiger partial charge on any atom is -0.496 e. The highest BCUT2D eigenvalue weighted by molar-refractivity contribution is 5.99. The first-order valence-electron chi connectivity index (χ1n) is 6.10. The fraction of sp³-hybridized carbons (Fsp3) is 0.500. The largest absolute Gasteiger partial charge is 0.496 e. The first kappa shape index (κ1) is 15.6. The number of rotatable bonds is 10. The Hall–Kier alpha value is -1.43. The Morgan fingerprint density at radius 1 is 1.00 bits per heavy atom. The molecular formula is C14H20O5. The summed E-state index contributed by atoms with van der Waals surface area (Å²) in [5.41, 5.74) is 0.533. The first-order chi connectivity index (χ1) is 9.29. The Balaban J connectivity index is 2.24. The molecule has 0 radical (unpaired) electrons. The van der Waals surface area contributed by atoms with Gasteiger partial charge in [-0.15, -0.1) is 0 Å². The van der Waals surface area contributed by atoms with Gasteiger partial charge in [-0.25, -0.2) is 0 Å². The van der Waals surface area contributed by atoms with Crippen LogP contribution in [0.5, 0.6) is 5.75 Å². The monoisotopic (exact) mass is 268 g/mol. The van der Waals surface area contributed by atoms with Gasteiger partial charge in [0.15, 0.2) is 5.78 Å². The van der Waals surface area contributed by atoms with Crippen molar-refractivity contribution in [2.24, 2.45) is 0 Å². The van der Waals surface area contributed by atoms with Gasteiger partial charge in [-0.3, -0.25) is 4.79 Å². The molecule has 1 aromatic carbocycles. The van der Waals surface area contributed by atoms with Gasteiger partial charge in [-0.1, -0.05) is 12.1 Å². The number of carbonyl (C=O) groups is 1. The number of hydrogen-bond donors (Lipinski definition) is 0. The number of Topliss-reactive ketones (excluding diaryl/α,β-unsaturated/α-hetero) is 1. The second kappa shape index (κ2) is 9.49. The predicted molar refractivity (Wildman–Crippen MR) is 70.8 cm³/mol. The van der Waals surface area contributed by atoms with Gasteiger partial charge in [0.05, 0.1) is 39.1 Å². The van der Waals surface area contributed by atoms with Crippen LogP contribution < -0.4 is 4.74 Å². The fourth-order valence-corrected chi connectivity index (χ4v) is 1.48. The molecular weight excluding hydrogens is 248 g/mol. The summed E-state index contributed by atoms with van der Waals surface area (Å²) in [4.78, 5) is 11.9. The van der Waals surface area contributed by atoms with Crippen molar-refractivity contribution >= 4 is 5.78 Å². The molecule has 106 valence electrons. The zero-order valence-corrected chi connectivity index (χ0v) is 11.4. The van der Waals surface area contributed by atoms with E-state index in [9.17, 15) is 4.79 Å². The van der Waals surface area contributed by atoms with Crippen LogP contribution in [-0.2, 0) is 14.2 Å². The van der Waals surface area contributed by atoms with E-state index >= 15 is 0 Å². The Morgan fingerprint density at radius 2 is 1.68 bits per heavy atom. The summed E-state index contributed by atoms with van der Waals surface area (Å²) in [6.45, 7) is 1.93. The van der Waals surface area contributed by atoms with Crippen molar-refractivity contribution in [1.29, 1.82) is 0 Å². The van der Waals surface area contributed by atoms with Crippen LogP contribution in [0.15, 0.2) is 24.3 Å². The SMILES string of the molecule is COCCOCCOCC(=O)c1ccccc1OC. The highest BCUT2D eigenvalue weighted by Gasteiger charge is 2.11. The molecule has 19 heavy (non-hydrogen) atoms. The zero-order valence-electron chi connectivity index (χ0n) is 11.4. The molecule has 0 unspecified atom stereocenters. The van der Waals surface area contributed by atoms with E-state index in [1.807, 2.05) is 6.07 Å². The number of carbonyl (C=O) groups excluding carboxylic acids is 1. The number of ether oxygens (including phenoxy) is 4. The quantitative estimate of drug-likeness (QED) is 0.476. The number of ketones is 1. The average molecular weight is 268 g/mol. The first-order valence-corrected chi connectivity index (χ1v) is 6.10. The molecule has 0 fully saturated rings. The van der Waals surface area contributed by atoms with Gasteiger partial charge in [0.1, 0.15) is 12.4 Å². The van der Waals surface area contributed by atoms with Crippen LogP contribution in [0, 0.1) is 0 Å². The highest BCUT2D eigenvalue weighted by atomic mass is 16.5. The van der Waals surface area contributed by atoms with Crippen LogP contribution in [-0.4, -0.2) is 53.0 Å². The van der Waals surface area contributed by atoms with Gasteiger partial charge in [-0.2, -0.15) is 0 Å². The fourth-order valence-electron chi connectivity index (χ4n) is 1.48. The lowest BCUT2D eigenvalue weighted by Gasteiger charge is -2.08. The van der Waals surface area contributed by atoms with Crippen molar-refractivity contribution < 1.29 is 23.7 Å². The predicted octanol–water partition coefficient (Wildman–Crippen LogP) is 1.56. The molecule has 0 aliphatic rings. The molecule has 5 nitrogen and oxygen atoms in total. The molecule has 0 atom stereocenters. The van der Waals surface area contributed by atoms with Crippen LogP contribution >= 0.6 is 0 Å². The van der Waals surface area contributed by atoms with Crippen molar-refractivity contribution in [2.45, 2.75) is 0 Å². The Morgan fingerprint density at radius 3 is 2.42 bits per heavy atom. The molecule has 0 aliphatic heterocycles. The van der Waals surface area contributed by atoms with Gasteiger partial charge in [-0.05, 0) is 12.1 Å². The summed E-state index contributed by atoms with van der Waals surface area (Å²) in [5.74, 6) is 0.460. The number of benzene rings is 1. The molecule has 0 aliphatic carbocycles. The van der Waals surface area contributed by atoms with Crippen molar-refractivity contribution in [3.8, 4) is 5.75 Å². The molecule has 0 heterocycles. The third-order valence-electron chi connectivity index (χ3n) is 2.44. The van der Waals surface area contributed by atoms with Crippen LogP contribution in [0.3, 0.4) is 0 Å². The van der Waals surface area contributed by atoms with E-state index in [2.05, 4.69) is 0 Å². The lowest BCUT2D eigenvalue weighted by molar-refractivity contribution is 0.0252. The van der Waals surface area contributed by atoms with E-state index in [0.717, 1.165) is 0 Å². The molecule has 0 N–H and O–H groups in total. The molecule has 0 spiro atoms. The molecule has 1 rings (SSSR count). The molecule has 0 aromatic heterocycles.